The summed E-state index contributed by atoms with van der Waals surface area (Å²) in [5.74, 6) is 0.346. The fourth-order valence-electron chi connectivity index (χ4n) is 2.33. The third-order valence-electron chi connectivity index (χ3n) is 3.58. The zero-order valence-electron chi connectivity index (χ0n) is 11.1. The molecule has 0 saturated heterocycles. The Balaban J connectivity index is 1.73. The molecule has 0 aromatic heterocycles. The van der Waals surface area contributed by atoms with Crippen molar-refractivity contribution in [3.8, 4) is 6.07 Å². The zero-order chi connectivity index (χ0) is 13.9. The van der Waals surface area contributed by atoms with Gasteiger partial charge in [-0.15, -0.1) is 0 Å². The van der Waals surface area contributed by atoms with Crippen LogP contribution in [0.4, 0.5) is 10.1 Å². The maximum atomic E-state index is 13.1. The summed E-state index contributed by atoms with van der Waals surface area (Å²) >= 11 is 0. The van der Waals surface area contributed by atoms with E-state index in [0.29, 0.717) is 17.8 Å². The summed E-state index contributed by atoms with van der Waals surface area (Å²) in [7, 11) is 0. The lowest BCUT2D eigenvalue weighted by molar-refractivity contribution is 0.627. The molecule has 1 fully saturated rings. The van der Waals surface area contributed by atoms with Gasteiger partial charge in [0.1, 0.15) is 11.9 Å². The topological polar surface area (TPSA) is 35.8 Å². The van der Waals surface area contributed by atoms with Crippen molar-refractivity contribution in [1.82, 2.24) is 0 Å². The summed E-state index contributed by atoms with van der Waals surface area (Å²) in [5.41, 5.74) is 3.58. The van der Waals surface area contributed by atoms with Crippen molar-refractivity contribution < 1.29 is 4.39 Å². The number of hydrogen-bond donors (Lipinski definition) is 1. The second-order valence-corrected chi connectivity index (χ2v) is 5.17. The Labute approximate surface area is 117 Å². The van der Waals surface area contributed by atoms with E-state index in [1.807, 2.05) is 6.07 Å². The van der Waals surface area contributed by atoms with Gasteiger partial charge in [-0.25, -0.2) is 4.39 Å². The Hall–Kier alpha value is -2.34. The predicted molar refractivity (Wildman–Crippen MR) is 76.9 cm³/mol. The number of nitrogens with zero attached hydrogens (tertiary/aromatic N) is 1. The molecule has 0 spiro atoms. The van der Waals surface area contributed by atoms with E-state index in [-0.39, 0.29) is 5.82 Å². The lowest BCUT2D eigenvalue weighted by Gasteiger charge is -2.09. The normalized spacial score (nSPS) is 13.8. The fourth-order valence-corrected chi connectivity index (χ4v) is 2.33. The van der Waals surface area contributed by atoms with Crippen LogP contribution in [-0.2, 0) is 6.54 Å². The van der Waals surface area contributed by atoms with Gasteiger partial charge in [0, 0.05) is 6.54 Å². The predicted octanol–water partition coefficient (Wildman–Crippen LogP) is 4.19. The second-order valence-electron chi connectivity index (χ2n) is 5.17. The minimum atomic E-state index is -0.386. The van der Waals surface area contributed by atoms with E-state index in [4.69, 9.17) is 5.26 Å². The van der Waals surface area contributed by atoms with Crippen molar-refractivity contribution in [3.05, 3.63) is 65.0 Å². The molecule has 1 aliphatic carbocycles. The molecule has 1 saturated carbocycles. The van der Waals surface area contributed by atoms with Crippen LogP contribution in [0.5, 0.6) is 0 Å². The molecule has 2 aromatic carbocycles. The quantitative estimate of drug-likeness (QED) is 0.900. The maximum Gasteiger partial charge on any atom is 0.124 e. The highest BCUT2D eigenvalue weighted by Crippen LogP contribution is 2.40. The average molecular weight is 266 g/mol. The Bertz CT molecular complexity index is 669. The molecular formula is C17H15FN2. The number of nitriles is 1. The van der Waals surface area contributed by atoms with Gasteiger partial charge in [-0.3, -0.25) is 0 Å². The van der Waals surface area contributed by atoms with Crippen molar-refractivity contribution in [3.63, 3.8) is 0 Å². The Morgan fingerprint density at radius 1 is 1.20 bits per heavy atom. The Morgan fingerprint density at radius 2 is 2.05 bits per heavy atom. The highest BCUT2D eigenvalue weighted by atomic mass is 19.1. The van der Waals surface area contributed by atoms with Crippen LogP contribution < -0.4 is 5.32 Å². The van der Waals surface area contributed by atoms with Crippen LogP contribution in [0.25, 0.3) is 0 Å². The summed E-state index contributed by atoms with van der Waals surface area (Å²) in [5, 5.41) is 12.2. The highest BCUT2D eigenvalue weighted by molar-refractivity contribution is 5.57. The molecule has 0 radical (unpaired) electrons. The first kappa shape index (κ1) is 12.7. The number of anilines is 1. The van der Waals surface area contributed by atoms with E-state index < -0.39 is 0 Å². The van der Waals surface area contributed by atoms with Crippen molar-refractivity contribution in [2.45, 2.75) is 25.3 Å². The first-order valence-electron chi connectivity index (χ1n) is 6.78. The number of halogens is 1. The van der Waals surface area contributed by atoms with Crippen molar-refractivity contribution >= 4 is 5.69 Å². The van der Waals surface area contributed by atoms with Crippen LogP contribution in [-0.4, -0.2) is 0 Å². The van der Waals surface area contributed by atoms with Gasteiger partial charge in [0.25, 0.3) is 0 Å². The first-order valence-corrected chi connectivity index (χ1v) is 6.78. The third-order valence-corrected chi connectivity index (χ3v) is 3.58. The zero-order valence-corrected chi connectivity index (χ0v) is 11.1. The summed E-state index contributed by atoms with van der Waals surface area (Å²) in [6.45, 7) is 0.640. The van der Waals surface area contributed by atoms with Crippen LogP contribution in [0.15, 0.2) is 42.5 Å². The highest BCUT2D eigenvalue weighted by Gasteiger charge is 2.23. The van der Waals surface area contributed by atoms with Crippen LogP contribution in [0.1, 0.15) is 35.4 Å². The largest absolute Gasteiger partial charge is 0.380 e. The van der Waals surface area contributed by atoms with Gasteiger partial charge in [-0.05, 0) is 48.1 Å². The van der Waals surface area contributed by atoms with E-state index in [1.165, 1.54) is 36.1 Å². The molecule has 1 N–H and O–H groups in total. The summed E-state index contributed by atoms with van der Waals surface area (Å²) in [6.07, 6.45) is 2.57. The molecule has 0 heterocycles. The lowest BCUT2D eigenvalue weighted by atomic mass is 10.1. The molecule has 2 nitrogen and oxygen atoms in total. The minimum absolute atomic E-state index is 0.336. The number of hydrogen-bond acceptors (Lipinski definition) is 2. The molecule has 100 valence electrons. The second kappa shape index (κ2) is 5.34. The van der Waals surface area contributed by atoms with Crippen molar-refractivity contribution in [2.24, 2.45) is 0 Å². The minimum Gasteiger partial charge on any atom is -0.380 e. The van der Waals surface area contributed by atoms with Gasteiger partial charge in [0.05, 0.1) is 11.3 Å². The summed E-state index contributed by atoms with van der Waals surface area (Å²) in [4.78, 5) is 0. The van der Waals surface area contributed by atoms with E-state index >= 15 is 0 Å². The van der Waals surface area contributed by atoms with Crippen LogP contribution in [0.2, 0.25) is 0 Å². The number of rotatable bonds is 4. The molecule has 0 bridgehead atoms. The molecule has 0 atom stereocenters. The standard InChI is InChI=1S/C17H15FN2/c18-16-6-7-17(15(9-16)10-19)20-11-12-2-1-3-14(8-12)13-4-5-13/h1-3,6-9,13,20H,4-5,11H2. The maximum absolute atomic E-state index is 13.1. The SMILES string of the molecule is N#Cc1cc(F)ccc1NCc1cccc(C2CC2)c1. The Kier molecular flexibility index (Phi) is 3.39. The molecule has 0 unspecified atom stereocenters. The molecule has 1 aliphatic rings. The molecule has 20 heavy (non-hydrogen) atoms. The van der Waals surface area contributed by atoms with Crippen LogP contribution in [0, 0.1) is 17.1 Å². The lowest BCUT2D eigenvalue weighted by Crippen LogP contribution is -2.02. The number of nitrogens with one attached hydrogen (secondary N) is 1. The summed E-state index contributed by atoms with van der Waals surface area (Å²) < 4.78 is 13.1. The number of benzene rings is 2. The molecule has 3 rings (SSSR count). The van der Waals surface area contributed by atoms with Gasteiger partial charge < -0.3 is 5.32 Å². The van der Waals surface area contributed by atoms with Gasteiger partial charge in [-0.2, -0.15) is 5.26 Å². The van der Waals surface area contributed by atoms with Crippen LogP contribution >= 0.6 is 0 Å². The van der Waals surface area contributed by atoms with E-state index in [2.05, 4.69) is 29.6 Å². The molecular weight excluding hydrogens is 251 g/mol. The van der Waals surface area contributed by atoms with E-state index in [9.17, 15) is 4.39 Å². The first-order chi connectivity index (χ1) is 9.76. The average Bonchev–Trinajstić information content (AvgIpc) is 3.31. The van der Waals surface area contributed by atoms with E-state index in [0.717, 1.165) is 5.92 Å². The van der Waals surface area contributed by atoms with Gasteiger partial charge in [-0.1, -0.05) is 24.3 Å². The molecule has 3 heteroatoms. The Morgan fingerprint density at radius 3 is 2.80 bits per heavy atom. The van der Waals surface area contributed by atoms with Crippen LogP contribution in [0.3, 0.4) is 0 Å². The monoisotopic (exact) mass is 266 g/mol. The van der Waals surface area contributed by atoms with Gasteiger partial charge in [0.2, 0.25) is 0 Å². The smallest absolute Gasteiger partial charge is 0.124 e. The molecule has 2 aromatic rings. The van der Waals surface area contributed by atoms with E-state index in [1.54, 1.807) is 6.07 Å². The van der Waals surface area contributed by atoms with Crippen molar-refractivity contribution in [1.29, 1.82) is 5.26 Å². The molecule has 0 amide bonds. The fraction of sp³-hybridized carbons (Fsp3) is 0.235. The van der Waals surface area contributed by atoms with Gasteiger partial charge in [0.15, 0.2) is 0 Å². The third kappa shape index (κ3) is 2.80. The van der Waals surface area contributed by atoms with Gasteiger partial charge >= 0.3 is 0 Å². The summed E-state index contributed by atoms with van der Waals surface area (Å²) in [6, 6.07) is 14.7. The van der Waals surface area contributed by atoms with Crippen molar-refractivity contribution in [2.75, 3.05) is 5.32 Å². The molecule has 0 aliphatic heterocycles.